The first-order valence-corrected chi connectivity index (χ1v) is 2.36. The normalized spacial score (nSPS) is 19.2. The predicted molar refractivity (Wildman–Crippen MR) is 27.4 cm³/mol. The lowest BCUT2D eigenvalue weighted by Crippen LogP contribution is -2.43. The Morgan fingerprint density at radius 2 is 2.50 bits per heavy atom. The van der Waals surface area contributed by atoms with Gasteiger partial charge in [-0.05, 0) is 0 Å². The molecule has 1 fully saturated rings. The molecule has 0 aromatic heterocycles. The highest BCUT2D eigenvalue weighted by molar-refractivity contribution is 5.71. The molecule has 0 aliphatic carbocycles. The van der Waals surface area contributed by atoms with Crippen LogP contribution in [0.15, 0.2) is 0 Å². The first-order valence-electron chi connectivity index (χ1n) is 2.36. The van der Waals surface area contributed by atoms with Gasteiger partial charge >= 0.3 is 6.03 Å². The highest BCUT2D eigenvalue weighted by atomic mass is 16.2. The fourth-order valence-electron chi connectivity index (χ4n) is 0.540. The highest BCUT2D eigenvalue weighted by Crippen LogP contribution is 1.82. The maximum Gasteiger partial charge on any atom is 0.330 e. The molecule has 0 radical (unpaired) electrons. The Kier molecular flexibility index (Phi) is 1.32. The number of primary amides is 1. The second-order valence-electron chi connectivity index (χ2n) is 1.53. The van der Waals surface area contributed by atoms with Gasteiger partial charge in [0, 0.05) is 6.54 Å². The number of nitrogens with two attached hydrogens (primary N) is 1. The lowest BCUT2D eigenvalue weighted by molar-refractivity contribution is 0.196. The molecule has 0 atom stereocenters. The third-order valence-corrected chi connectivity index (χ3v) is 0.940. The molecular formula is C3H8N4O. The third kappa shape index (κ3) is 0.877. The van der Waals surface area contributed by atoms with Crippen LogP contribution in [-0.4, -0.2) is 24.1 Å². The van der Waals surface area contributed by atoms with E-state index >= 15 is 0 Å². The van der Waals surface area contributed by atoms with E-state index in [2.05, 4.69) is 11.0 Å². The van der Waals surface area contributed by atoms with Crippen LogP contribution in [0.2, 0.25) is 0 Å². The van der Waals surface area contributed by atoms with Crippen molar-refractivity contribution in [3.05, 3.63) is 0 Å². The number of nitrogens with one attached hydrogen (secondary N) is 2. The van der Waals surface area contributed by atoms with E-state index < -0.39 is 6.03 Å². The fraction of sp³-hybridized carbons (Fsp3) is 0.667. The number of carbonyl (C=O) groups excluding carboxylic acids is 1. The number of hydrogen-bond donors (Lipinski definition) is 3. The summed E-state index contributed by atoms with van der Waals surface area (Å²) in [5, 5.41) is 1.31. The average Bonchev–Trinajstić information content (AvgIpc) is 2.12. The molecule has 1 rings (SSSR count). The molecule has 5 heteroatoms. The van der Waals surface area contributed by atoms with E-state index in [1.54, 1.807) is 0 Å². The van der Waals surface area contributed by atoms with Crippen molar-refractivity contribution in [2.45, 2.75) is 0 Å². The first-order chi connectivity index (χ1) is 3.80. The Hall–Kier alpha value is -0.810. The summed E-state index contributed by atoms with van der Waals surface area (Å²) >= 11 is 0. The molecule has 5 nitrogen and oxygen atoms in total. The van der Waals surface area contributed by atoms with Crippen molar-refractivity contribution in [1.29, 1.82) is 0 Å². The molecule has 2 amide bonds. The van der Waals surface area contributed by atoms with Gasteiger partial charge in [0.25, 0.3) is 0 Å². The number of hydrogen-bond acceptors (Lipinski definition) is 3. The summed E-state index contributed by atoms with van der Waals surface area (Å²) in [4.78, 5) is 10.2. The van der Waals surface area contributed by atoms with E-state index in [0.29, 0.717) is 6.54 Å². The van der Waals surface area contributed by atoms with Crippen molar-refractivity contribution in [2.75, 3.05) is 13.1 Å². The smallest absolute Gasteiger partial charge is 0.330 e. The van der Waals surface area contributed by atoms with Gasteiger partial charge < -0.3 is 5.73 Å². The van der Waals surface area contributed by atoms with Crippen LogP contribution in [0.4, 0.5) is 4.79 Å². The summed E-state index contributed by atoms with van der Waals surface area (Å²) in [6.45, 7) is 1.39. The summed E-state index contributed by atoms with van der Waals surface area (Å²) in [5.74, 6) is 0. The van der Waals surface area contributed by atoms with Crippen LogP contribution in [0.3, 0.4) is 0 Å². The van der Waals surface area contributed by atoms with Crippen LogP contribution < -0.4 is 16.7 Å². The Labute approximate surface area is 46.8 Å². The number of urea groups is 1. The Bertz CT molecular complexity index is 97.5. The lowest BCUT2D eigenvalue weighted by Gasteiger charge is -2.08. The van der Waals surface area contributed by atoms with E-state index in [9.17, 15) is 4.79 Å². The summed E-state index contributed by atoms with van der Waals surface area (Å²) in [5.41, 5.74) is 10.2. The minimum absolute atomic E-state index is 0.449. The van der Waals surface area contributed by atoms with Crippen molar-refractivity contribution >= 4 is 6.03 Å². The fourth-order valence-corrected chi connectivity index (χ4v) is 0.540. The van der Waals surface area contributed by atoms with Gasteiger partial charge in [-0.25, -0.2) is 15.2 Å². The molecule has 0 bridgehead atoms. The summed E-state index contributed by atoms with van der Waals surface area (Å²) < 4.78 is 0. The quantitative estimate of drug-likeness (QED) is 0.356. The zero-order chi connectivity index (χ0) is 5.98. The average molecular weight is 116 g/mol. The van der Waals surface area contributed by atoms with Gasteiger partial charge in [0.1, 0.15) is 0 Å². The van der Waals surface area contributed by atoms with Crippen LogP contribution in [0.1, 0.15) is 0 Å². The zero-order valence-electron chi connectivity index (χ0n) is 4.35. The Morgan fingerprint density at radius 1 is 1.75 bits per heavy atom. The molecule has 1 aliphatic rings. The molecule has 0 saturated carbocycles. The number of carbonyl (C=O) groups is 1. The SMILES string of the molecule is NC(=O)N1CCNN1. The second kappa shape index (κ2) is 1.97. The topological polar surface area (TPSA) is 70.4 Å². The molecule has 0 aromatic rings. The number of nitrogens with zero attached hydrogens (tertiary/aromatic N) is 1. The first kappa shape index (κ1) is 5.33. The monoisotopic (exact) mass is 116 g/mol. The van der Waals surface area contributed by atoms with E-state index in [1.165, 1.54) is 5.01 Å². The minimum atomic E-state index is -0.449. The van der Waals surface area contributed by atoms with Crippen LogP contribution in [-0.2, 0) is 0 Å². The van der Waals surface area contributed by atoms with Crippen LogP contribution in [0.25, 0.3) is 0 Å². The predicted octanol–water partition coefficient (Wildman–Crippen LogP) is -1.61. The van der Waals surface area contributed by atoms with Crippen molar-refractivity contribution < 1.29 is 4.79 Å². The van der Waals surface area contributed by atoms with Gasteiger partial charge in [0.2, 0.25) is 0 Å². The van der Waals surface area contributed by atoms with Crippen LogP contribution in [0, 0.1) is 0 Å². The molecule has 1 aliphatic heterocycles. The van der Waals surface area contributed by atoms with Gasteiger partial charge in [-0.3, -0.25) is 0 Å². The largest absolute Gasteiger partial charge is 0.350 e. The molecular weight excluding hydrogens is 108 g/mol. The maximum atomic E-state index is 10.2. The van der Waals surface area contributed by atoms with Crippen molar-refractivity contribution in [2.24, 2.45) is 5.73 Å². The van der Waals surface area contributed by atoms with Crippen molar-refractivity contribution in [3.8, 4) is 0 Å². The van der Waals surface area contributed by atoms with Gasteiger partial charge in [0.15, 0.2) is 0 Å². The summed E-state index contributed by atoms with van der Waals surface area (Å²) in [6.07, 6.45) is 0. The third-order valence-electron chi connectivity index (χ3n) is 0.940. The molecule has 0 spiro atoms. The molecule has 46 valence electrons. The highest BCUT2D eigenvalue weighted by Gasteiger charge is 2.12. The van der Waals surface area contributed by atoms with Crippen LogP contribution in [0.5, 0.6) is 0 Å². The van der Waals surface area contributed by atoms with E-state index in [-0.39, 0.29) is 0 Å². The minimum Gasteiger partial charge on any atom is -0.350 e. The van der Waals surface area contributed by atoms with E-state index in [1.807, 2.05) is 0 Å². The molecule has 0 aromatic carbocycles. The van der Waals surface area contributed by atoms with Gasteiger partial charge in [-0.15, -0.1) is 0 Å². The summed E-state index contributed by atoms with van der Waals surface area (Å²) in [7, 11) is 0. The molecule has 8 heavy (non-hydrogen) atoms. The Morgan fingerprint density at radius 3 is 2.75 bits per heavy atom. The zero-order valence-corrected chi connectivity index (χ0v) is 4.35. The van der Waals surface area contributed by atoms with E-state index in [0.717, 1.165) is 6.54 Å². The van der Waals surface area contributed by atoms with E-state index in [4.69, 9.17) is 5.73 Å². The summed E-state index contributed by atoms with van der Waals surface area (Å²) in [6, 6.07) is -0.449. The van der Waals surface area contributed by atoms with Gasteiger partial charge in [-0.2, -0.15) is 5.53 Å². The second-order valence-corrected chi connectivity index (χ2v) is 1.53. The Balaban J connectivity index is 2.35. The number of rotatable bonds is 0. The molecule has 1 saturated heterocycles. The lowest BCUT2D eigenvalue weighted by atomic mass is 10.6. The van der Waals surface area contributed by atoms with Crippen LogP contribution >= 0.6 is 0 Å². The standard InChI is InChI=1S/C3H8N4O/c4-3(8)7-2-1-5-6-7/h5-6H,1-2H2,(H2,4,8). The van der Waals surface area contributed by atoms with Gasteiger partial charge in [0.05, 0.1) is 6.54 Å². The number of hydrazine groups is 2. The molecule has 1 heterocycles. The number of amides is 2. The molecule has 0 unspecified atom stereocenters. The van der Waals surface area contributed by atoms with Crippen molar-refractivity contribution in [3.63, 3.8) is 0 Å². The molecule has 4 N–H and O–H groups in total. The van der Waals surface area contributed by atoms with Gasteiger partial charge in [-0.1, -0.05) is 0 Å². The maximum absolute atomic E-state index is 10.2. The van der Waals surface area contributed by atoms with Crippen molar-refractivity contribution in [1.82, 2.24) is 16.0 Å².